The summed E-state index contributed by atoms with van der Waals surface area (Å²) in [7, 11) is 0. The van der Waals surface area contributed by atoms with Crippen LogP contribution in [0.4, 0.5) is 5.69 Å². The highest BCUT2D eigenvalue weighted by Gasteiger charge is 2.11. The monoisotopic (exact) mass is 231 g/mol. The molecule has 3 heteroatoms. The summed E-state index contributed by atoms with van der Waals surface area (Å²) in [6.45, 7) is 6.26. The minimum absolute atomic E-state index is 0.662. The van der Waals surface area contributed by atoms with Gasteiger partial charge in [0.2, 0.25) is 0 Å². The maximum Gasteiger partial charge on any atom is 0.196 e. The number of hydrogen-bond donors (Lipinski definition) is 1. The van der Waals surface area contributed by atoms with E-state index in [0.717, 1.165) is 18.8 Å². The average Bonchev–Trinajstić information content (AvgIpc) is 2.28. The van der Waals surface area contributed by atoms with E-state index in [-0.39, 0.29) is 0 Å². The van der Waals surface area contributed by atoms with Gasteiger partial charge in [-0.1, -0.05) is 6.07 Å². The van der Waals surface area contributed by atoms with E-state index in [1.54, 1.807) is 0 Å². The highest BCUT2D eigenvalue weighted by atomic mass is 15.3. The van der Waals surface area contributed by atoms with E-state index in [0.29, 0.717) is 5.96 Å². The van der Waals surface area contributed by atoms with E-state index in [2.05, 4.69) is 41.9 Å². The van der Waals surface area contributed by atoms with Gasteiger partial charge in [-0.2, -0.15) is 0 Å². The minimum atomic E-state index is 0.662. The fourth-order valence-corrected chi connectivity index (χ4v) is 2.34. The highest BCUT2D eigenvalue weighted by Crippen LogP contribution is 2.18. The molecule has 0 radical (unpaired) electrons. The molecule has 92 valence electrons. The Hall–Kier alpha value is -1.51. The van der Waals surface area contributed by atoms with Gasteiger partial charge in [-0.15, -0.1) is 0 Å². The predicted octanol–water partition coefficient (Wildman–Crippen LogP) is 2.74. The Morgan fingerprint density at radius 3 is 2.24 bits per heavy atom. The number of guanidine groups is 1. The summed E-state index contributed by atoms with van der Waals surface area (Å²) < 4.78 is 0. The second kappa shape index (κ2) is 5.21. The van der Waals surface area contributed by atoms with E-state index < -0.39 is 0 Å². The van der Waals surface area contributed by atoms with Crippen LogP contribution in [0.15, 0.2) is 23.2 Å². The number of nitrogens with two attached hydrogens (primary N) is 1. The summed E-state index contributed by atoms with van der Waals surface area (Å²) in [6.07, 6.45) is 3.76. The van der Waals surface area contributed by atoms with Crippen LogP contribution >= 0.6 is 0 Å². The SMILES string of the molecule is Cc1cc(C)cc(N=C(N)N2CCCCC2)c1. The Balaban J connectivity index is 2.16. The molecular weight excluding hydrogens is 210 g/mol. The van der Waals surface area contributed by atoms with Crippen molar-refractivity contribution in [3.8, 4) is 0 Å². The Morgan fingerprint density at radius 1 is 1.06 bits per heavy atom. The third-order valence-electron chi connectivity index (χ3n) is 3.13. The van der Waals surface area contributed by atoms with Crippen LogP contribution in [0.2, 0.25) is 0 Å². The number of nitrogens with zero attached hydrogens (tertiary/aromatic N) is 2. The first-order valence-corrected chi connectivity index (χ1v) is 6.32. The molecule has 1 saturated heterocycles. The van der Waals surface area contributed by atoms with Crippen LogP contribution in [0.3, 0.4) is 0 Å². The lowest BCUT2D eigenvalue weighted by molar-refractivity contribution is 0.339. The molecule has 0 unspecified atom stereocenters. The number of hydrogen-bond acceptors (Lipinski definition) is 1. The van der Waals surface area contributed by atoms with Crippen LogP contribution in [0, 0.1) is 13.8 Å². The number of aryl methyl sites for hydroxylation is 2. The Kier molecular flexibility index (Phi) is 3.67. The largest absolute Gasteiger partial charge is 0.369 e. The van der Waals surface area contributed by atoms with Crippen molar-refractivity contribution in [1.82, 2.24) is 4.90 Å². The van der Waals surface area contributed by atoms with Crippen molar-refractivity contribution >= 4 is 11.6 Å². The van der Waals surface area contributed by atoms with E-state index >= 15 is 0 Å². The number of rotatable bonds is 1. The van der Waals surface area contributed by atoms with E-state index in [1.165, 1.54) is 30.4 Å². The van der Waals surface area contributed by atoms with Gasteiger partial charge in [-0.05, 0) is 56.4 Å². The van der Waals surface area contributed by atoms with Crippen LogP contribution in [0.25, 0.3) is 0 Å². The molecule has 0 atom stereocenters. The van der Waals surface area contributed by atoms with Crippen molar-refractivity contribution < 1.29 is 0 Å². The molecule has 0 bridgehead atoms. The van der Waals surface area contributed by atoms with Crippen molar-refractivity contribution in [3.63, 3.8) is 0 Å². The molecule has 1 fully saturated rings. The molecule has 3 nitrogen and oxygen atoms in total. The Labute approximate surface area is 103 Å². The molecule has 1 aliphatic rings. The molecule has 0 saturated carbocycles. The molecule has 1 heterocycles. The third kappa shape index (κ3) is 3.22. The maximum absolute atomic E-state index is 6.06. The maximum atomic E-state index is 6.06. The highest BCUT2D eigenvalue weighted by molar-refractivity contribution is 5.81. The van der Waals surface area contributed by atoms with Crippen LogP contribution in [-0.4, -0.2) is 23.9 Å². The van der Waals surface area contributed by atoms with Crippen LogP contribution in [-0.2, 0) is 0 Å². The van der Waals surface area contributed by atoms with Crippen molar-refractivity contribution in [2.75, 3.05) is 13.1 Å². The molecular formula is C14H21N3. The van der Waals surface area contributed by atoms with Gasteiger partial charge < -0.3 is 10.6 Å². The van der Waals surface area contributed by atoms with Crippen molar-refractivity contribution in [2.24, 2.45) is 10.7 Å². The lowest BCUT2D eigenvalue weighted by Crippen LogP contribution is -2.40. The zero-order valence-electron chi connectivity index (χ0n) is 10.7. The molecule has 17 heavy (non-hydrogen) atoms. The summed E-state index contributed by atoms with van der Waals surface area (Å²) in [5.74, 6) is 0.662. The van der Waals surface area contributed by atoms with Gasteiger partial charge in [0.15, 0.2) is 5.96 Å². The summed E-state index contributed by atoms with van der Waals surface area (Å²) in [6, 6.07) is 6.30. The summed E-state index contributed by atoms with van der Waals surface area (Å²) >= 11 is 0. The first-order chi connectivity index (χ1) is 8.15. The van der Waals surface area contributed by atoms with Gasteiger partial charge in [0.1, 0.15) is 0 Å². The van der Waals surface area contributed by atoms with Crippen molar-refractivity contribution in [2.45, 2.75) is 33.1 Å². The first-order valence-electron chi connectivity index (χ1n) is 6.32. The van der Waals surface area contributed by atoms with Gasteiger partial charge in [0, 0.05) is 13.1 Å². The molecule has 1 aromatic carbocycles. The second-order valence-electron chi connectivity index (χ2n) is 4.86. The van der Waals surface area contributed by atoms with Gasteiger partial charge in [-0.3, -0.25) is 0 Å². The van der Waals surface area contributed by atoms with E-state index in [9.17, 15) is 0 Å². The number of benzene rings is 1. The number of aliphatic imine (C=N–C) groups is 1. The quantitative estimate of drug-likeness (QED) is 0.596. The van der Waals surface area contributed by atoms with E-state index in [1.807, 2.05) is 0 Å². The van der Waals surface area contributed by atoms with Gasteiger partial charge >= 0.3 is 0 Å². The zero-order valence-corrected chi connectivity index (χ0v) is 10.7. The molecule has 1 aromatic rings. The normalized spacial score (nSPS) is 17.3. The number of piperidine rings is 1. The van der Waals surface area contributed by atoms with Gasteiger partial charge in [-0.25, -0.2) is 4.99 Å². The molecule has 2 N–H and O–H groups in total. The first kappa shape index (κ1) is 12.0. The Morgan fingerprint density at radius 2 is 1.65 bits per heavy atom. The fraction of sp³-hybridized carbons (Fsp3) is 0.500. The Bertz CT molecular complexity index is 397. The fourth-order valence-electron chi connectivity index (χ4n) is 2.34. The second-order valence-corrected chi connectivity index (χ2v) is 4.86. The topological polar surface area (TPSA) is 41.6 Å². The summed E-state index contributed by atoms with van der Waals surface area (Å²) in [5, 5.41) is 0. The van der Waals surface area contributed by atoms with E-state index in [4.69, 9.17) is 5.73 Å². The molecule has 1 aliphatic heterocycles. The molecule has 2 rings (SSSR count). The smallest absolute Gasteiger partial charge is 0.196 e. The standard InChI is InChI=1S/C14H21N3/c1-11-8-12(2)10-13(9-11)16-14(15)17-6-4-3-5-7-17/h8-10H,3-7H2,1-2H3,(H2,15,16). The number of likely N-dealkylation sites (tertiary alicyclic amines) is 1. The lowest BCUT2D eigenvalue weighted by atomic mass is 10.1. The lowest BCUT2D eigenvalue weighted by Gasteiger charge is -2.27. The minimum Gasteiger partial charge on any atom is -0.369 e. The average molecular weight is 231 g/mol. The van der Waals surface area contributed by atoms with Crippen LogP contribution in [0.1, 0.15) is 30.4 Å². The third-order valence-corrected chi connectivity index (χ3v) is 3.13. The van der Waals surface area contributed by atoms with Crippen molar-refractivity contribution in [1.29, 1.82) is 0 Å². The van der Waals surface area contributed by atoms with Crippen LogP contribution in [0.5, 0.6) is 0 Å². The molecule has 0 spiro atoms. The predicted molar refractivity (Wildman–Crippen MR) is 72.6 cm³/mol. The van der Waals surface area contributed by atoms with Crippen molar-refractivity contribution in [3.05, 3.63) is 29.3 Å². The molecule has 0 aliphatic carbocycles. The molecule has 0 amide bonds. The zero-order chi connectivity index (χ0) is 12.3. The summed E-state index contributed by atoms with van der Waals surface area (Å²) in [5.41, 5.74) is 9.48. The summed E-state index contributed by atoms with van der Waals surface area (Å²) in [4.78, 5) is 6.71. The van der Waals surface area contributed by atoms with Crippen LogP contribution < -0.4 is 5.73 Å². The van der Waals surface area contributed by atoms with Gasteiger partial charge in [0.05, 0.1) is 5.69 Å². The van der Waals surface area contributed by atoms with Gasteiger partial charge in [0.25, 0.3) is 0 Å². The molecule has 0 aromatic heterocycles.